The number of carbonyl (C=O) groups excluding carboxylic acids is 1. The van der Waals surface area contributed by atoms with Crippen molar-refractivity contribution in [2.45, 2.75) is 51.1 Å². The van der Waals surface area contributed by atoms with Gasteiger partial charge in [-0.2, -0.15) is 0 Å². The average molecular weight is 350 g/mol. The number of ether oxygens (including phenoxy) is 4. The van der Waals surface area contributed by atoms with Crippen LogP contribution in [0.15, 0.2) is 17.4 Å². The van der Waals surface area contributed by atoms with Crippen LogP contribution >= 0.6 is 0 Å². The fourth-order valence-corrected chi connectivity index (χ4v) is 3.27. The molecule has 2 saturated heterocycles. The molecule has 2 fully saturated rings. The fourth-order valence-electron chi connectivity index (χ4n) is 3.27. The van der Waals surface area contributed by atoms with E-state index in [2.05, 4.69) is 15.0 Å². The van der Waals surface area contributed by atoms with Crippen LogP contribution < -0.4 is 5.56 Å². The summed E-state index contributed by atoms with van der Waals surface area (Å²) < 4.78 is 24.6. The van der Waals surface area contributed by atoms with Gasteiger partial charge in [0.25, 0.3) is 5.56 Å². The molecule has 4 unspecified atom stereocenters. The number of carbonyl (C=O) groups is 1. The molecule has 10 heteroatoms. The molecule has 25 heavy (non-hydrogen) atoms. The lowest BCUT2D eigenvalue weighted by molar-refractivity contribution is -0.201. The molecule has 2 aliphatic heterocycles. The van der Waals surface area contributed by atoms with Gasteiger partial charge in [-0.3, -0.25) is 14.2 Å². The monoisotopic (exact) mass is 350 g/mol. The number of aromatic amines is 1. The van der Waals surface area contributed by atoms with Crippen LogP contribution in [0.3, 0.4) is 0 Å². The van der Waals surface area contributed by atoms with Crippen molar-refractivity contribution in [3.63, 3.8) is 0 Å². The fraction of sp³-hybridized carbons (Fsp3) is 0.600. The van der Waals surface area contributed by atoms with Gasteiger partial charge in [-0.05, 0) is 13.8 Å². The minimum atomic E-state index is -0.798. The molecule has 0 spiro atoms. The molecule has 0 bridgehead atoms. The number of rotatable bonds is 3. The van der Waals surface area contributed by atoms with Crippen LogP contribution in [0.2, 0.25) is 0 Å². The molecule has 4 atom stereocenters. The third-order valence-corrected chi connectivity index (χ3v) is 4.22. The molecule has 2 aliphatic rings. The van der Waals surface area contributed by atoms with Gasteiger partial charge in [0.15, 0.2) is 23.2 Å². The van der Waals surface area contributed by atoms with Gasteiger partial charge in [-0.15, -0.1) is 0 Å². The van der Waals surface area contributed by atoms with Crippen molar-refractivity contribution in [3.05, 3.63) is 23.0 Å². The molecular weight excluding hydrogens is 332 g/mol. The largest absolute Gasteiger partial charge is 0.463 e. The van der Waals surface area contributed by atoms with Crippen LogP contribution in [0.25, 0.3) is 11.2 Å². The first kappa shape index (κ1) is 16.2. The van der Waals surface area contributed by atoms with E-state index in [0.717, 1.165) is 0 Å². The smallest absolute Gasteiger partial charge is 0.302 e. The molecule has 0 aliphatic carbocycles. The normalized spacial score (nSPS) is 30.5. The zero-order valence-corrected chi connectivity index (χ0v) is 14.0. The summed E-state index contributed by atoms with van der Waals surface area (Å²) in [6, 6.07) is 0. The average Bonchev–Trinajstić information content (AvgIpc) is 3.17. The summed E-state index contributed by atoms with van der Waals surface area (Å²) in [7, 11) is 0. The van der Waals surface area contributed by atoms with E-state index in [-0.39, 0.29) is 17.7 Å². The second-order valence-corrected chi connectivity index (χ2v) is 6.49. The van der Waals surface area contributed by atoms with E-state index in [4.69, 9.17) is 18.9 Å². The van der Waals surface area contributed by atoms with Crippen LogP contribution in [0.4, 0.5) is 0 Å². The standard InChI is InChI=1S/C15H18N4O6/c1-7(20)22-4-8-10-11(25-15(2,3)24-10)14(23-8)19-6-18-9-12(19)16-5-17-13(9)21/h5-6,8,10-11,14H,4H2,1-3H3,(H,16,17,21). The van der Waals surface area contributed by atoms with Gasteiger partial charge < -0.3 is 23.9 Å². The third-order valence-electron chi connectivity index (χ3n) is 4.22. The van der Waals surface area contributed by atoms with Crippen molar-refractivity contribution in [2.24, 2.45) is 0 Å². The Balaban J connectivity index is 1.70. The Bertz CT molecular complexity index is 874. The predicted octanol–water partition coefficient (Wildman–Crippen LogP) is 0.100. The maximum absolute atomic E-state index is 11.9. The number of nitrogens with one attached hydrogen (secondary N) is 1. The highest BCUT2D eigenvalue weighted by Crippen LogP contribution is 2.43. The van der Waals surface area contributed by atoms with Gasteiger partial charge >= 0.3 is 5.97 Å². The van der Waals surface area contributed by atoms with E-state index in [1.807, 2.05) is 0 Å². The Morgan fingerprint density at radius 2 is 2.12 bits per heavy atom. The number of imidazole rings is 1. The number of esters is 1. The summed E-state index contributed by atoms with van der Waals surface area (Å²) >= 11 is 0. The Kier molecular flexibility index (Phi) is 3.63. The van der Waals surface area contributed by atoms with Crippen LogP contribution in [-0.2, 0) is 23.7 Å². The van der Waals surface area contributed by atoms with Crippen molar-refractivity contribution >= 4 is 17.1 Å². The van der Waals surface area contributed by atoms with Crippen LogP contribution in [0.1, 0.15) is 27.0 Å². The van der Waals surface area contributed by atoms with Gasteiger partial charge in [0.05, 0.1) is 12.7 Å². The molecule has 0 radical (unpaired) electrons. The number of aromatic nitrogens is 4. The molecule has 10 nitrogen and oxygen atoms in total. The first-order chi connectivity index (χ1) is 11.9. The van der Waals surface area contributed by atoms with E-state index < -0.39 is 36.3 Å². The molecule has 2 aromatic heterocycles. The lowest BCUT2D eigenvalue weighted by atomic mass is 10.1. The Morgan fingerprint density at radius 3 is 2.88 bits per heavy atom. The number of hydrogen-bond acceptors (Lipinski definition) is 8. The van der Waals surface area contributed by atoms with Crippen LogP contribution in [0.5, 0.6) is 0 Å². The molecule has 0 amide bonds. The Labute approximate surface area is 142 Å². The summed E-state index contributed by atoms with van der Waals surface area (Å²) in [5, 5.41) is 0. The van der Waals surface area contributed by atoms with Gasteiger partial charge in [0, 0.05) is 6.92 Å². The SMILES string of the molecule is CC(=O)OCC1OC(n2cnc3c(=O)[nH]cnc32)C2OC(C)(C)OC12. The Morgan fingerprint density at radius 1 is 1.36 bits per heavy atom. The topological polar surface area (TPSA) is 118 Å². The molecular formula is C15H18N4O6. The van der Waals surface area contributed by atoms with Crippen LogP contribution in [-0.4, -0.2) is 56.2 Å². The minimum Gasteiger partial charge on any atom is -0.463 e. The molecule has 4 rings (SSSR count). The molecule has 2 aromatic rings. The molecule has 1 N–H and O–H groups in total. The van der Waals surface area contributed by atoms with Crippen molar-refractivity contribution < 1.29 is 23.7 Å². The quantitative estimate of drug-likeness (QED) is 0.775. The maximum Gasteiger partial charge on any atom is 0.302 e. The highest BCUT2D eigenvalue weighted by Gasteiger charge is 2.56. The lowest BCUT2D eigenvalue weighted by Crippen LogP contribution is -2.33. The predicted molar refractivity (Wildman–Crippen MR) is 82.5 cm³/mol. The van der Waals surface area contributed by atoms with E-state index in [9.17, 15) is 9.59 Å². The van der Waals surface area contributed by atoms with Gasteiger partial charge in [-0.1, -0.05) is 0 Å². The lowest BCUT2D eigenvalue weighted by Gasteiger charge is -2.24. The molecule has 0 aromatic carbocycles. The summed E-state index contributed by atoms with van der Waals surface area (Å²) in [4.78, 5) is 33.8. The zero-order valence-electron chi connectivity index (χ0n) is 14.0. The summed E-state index contributed by atoms with van der Waals surface area (Å²) in [6.45, 7) is 4.99. The minimum absolute atomic E-state index is 0.0487. The summed E-state index contributed by atoms with van der Waals surface area (Å²) in [5.41, 5.74) is 0.261. The Hall–Kier alpha value is -2.30. The van der Waals surface area contributed by atoms with E-state index >= 15 is 0 Å². The first-order valence-electron chi connectivity index (χ1n) is 7.90. The molecule has 4 heterocycles. The maximum atomic E-state index is 11.9. The number of fused-ring (bicyclic) bond motifs is 2. The van der Waals surface area contributed by atoms with E-state index in [0.29, 0.717) is 5.65 Å². The van der Waals surface area contributed by atoms with Crippen molar-refractivity contribution in [1.82, 2.24) is 19.5 Å². The number of hydrogen-bond donors (Lipinski definition) is 1. The van der Waals surface area contributed by atoms with Crippen LogP contribution in [0, 0.1) is 0 Å². The van der Waals surface area contributed by atoms with E-state index in [1.54, 1.807) is 18.4 Å². The molecule has 0 saturated carbocycles. The second kappa shape index (κ2) is 5.61. The summed E-state index contributed by atoms with van der Waals surface area (Å²) in [5.74, 6) is -1.20. The highest BCUT2D eigenvalue weighted by molar-refractivity contribution is 5.69. The number of H-pyrrole nitrogens is 1. The van der Waals surface area contributed by atoms with Gasteiger partial charge in [0.1, 0.15) is 24.9 Å². The molecule has 134 valence electrons. The van der Waals surface area contributed by atoms with Crippen molar-refractivity contribution in [3.8, 4) is 0 Å². The zero-order chi connectivity index (χ0) is 17.8. The van der Waals surface area contributed by atoms with Crippen molar-refractivity contribution in [1.29, 1.82) is 0 Å². The highest BCUT2D eigenvalue weighted by atomic mass is 16.8. The van der Waals surface area contributed by atoms with Crippen molar-refractivity contribution in [2.75, 3.05) is 6.61 Å². The second-order valence-electron chi connectivity index (χ2n) is 6.49. The van der Waals surface area contributed by atoms with Gasteiger partial charge in [0.2, 0.25) is 0 Å². The van der Waals surface area contributed by atoms with E-state index in [1.165, 1.54) is 19.6 Å². The van der Waals surface area contributed by atoms with Gasteiger partial charge in [-0.25, -0.2) is 9.97 Å². The number of nitrogens with zero attached hydrogens (tertiary/aromatic N) is 3. The first-order valence-corrected chi connectivity index (χ1v) is 7.90. The third kappa shape index (κ3) is 2.71. The summed E-state index contributed by atoms with van der Waals surface area (Å²) in [6.07, 6.45) is 0.818.